The summed E-state index contributed by atoms with van der Waals surface area (Å²) in [4.78, 5) is 1.09. The van der Waals surface area contributed by atoms with Crippen LogP contribution < -0.4 is 0 Å². The lowest BCUT2D eigenvalue weighted by Gasteiger charge is -2.36. The van der Waals surface area contributed by atoms with Crippen molar-refractivity contribution < 1.29 is 22.3 Å². The van der Waals surface area contributed by atoms with E-state index in [-0.39, 0.29) is 26.3 Å². The van der Waals surface area contributed by atoms with Gasteiger partial charge in [-0.25, -0.2) is 4.39 Å². The minimum Gasteiger partial charge on any atom is -0.379 e. The number of halogens is 4. The molecule has 0 radical (unpaired) electrons. The Morgan fingerprint density at radius 3 is 2.07 bits per heavy atom. The smallest absolute Gasteiger partial charge is 0.379 e. The van der Waals surface area contributed by atoms with E-state index in [1.165, 1.54) is 0 Å². The molecule has 0 aliphatic carbocycles. The van der Waals surface area contributed by atoms with Gasteiger partial charge in [-0.05, 0) is 6.92 Å². The quantitative estimate of drug-likeness (QED) is 0.649. The Hall–Kier alpha value is -0.360. The lowest BCUT2D eigenvalue weighted by Crippen LogP contribution is -2.54. The molecule has 0 aromatic carbocycles. The van der Waals surface area contributed by atoms with Crippen LogP contribution >= 0.6 is 0 Å². The number of alkyl halides is 4. The van der Waals surface area contributed by atoms with Crippen molar-refractivity contribution in [2.45, 2.75) is 25.3 Å². The predicted molar refractivity (Wildman–Crippen MR) is 42.8 cm³/mol. The molecule has 1 heterocycles. The third-order valence-electron chi connectivity index (χ3n) is 2.21. The molecular formula is C8H13F4NO. The van der Waals surface area contributed by atoms with Crippen LogP contribution in [0, 0.1) is 0 Å². The van der Waals surface area contributed by atoms with Crippen LogP contribution in [0.2, 0.25) is 0 Å². The van der Waals surface area contributed by atoms with E-state index in [0.717, 1.165) is 11.8 Å². The van der Waals surface area contributed by atoms with Crippen molar-refractivity contribution in [3.8, 4) is 0 Å². The molecule has 0 N–H and O–H groups in total. The highest BCUT2D eigenvalue weighted by molar-refractivity contribution is 4.84. The van der Waals surface area contributed by atoms with Gasteiger partial charge in [0.1, 0.15) is 12.2 Å². The Bertz CT molecular complexity index is 177. The molecule has 1 fully saturated rings. The fourth-order valence-electron chi connectivity index (χ4n) is 1.61. The SMILES string of the molecule is CC(F)C(N1CCOCC1)C(F)(F)F. The van der Waals surface area contributed by atoms with Gasteiger partial charge >= 0.3 is 6.18 Å². The van der Waals surface area contributed by atoms with Crippen molar-refractivity contribution in [1.29, 1.82) is 0 Å². The van der Waals surface area contributed by atoms with Gasteiger partial charge in [-0.3, -0.25) is 4.90 Å². The second-order valence-electron chi connectivity index (χ2n) is 3.31. The monoisotopic (exact) mass is 215 g/mol. The molecule has 1 saturated heterocycles. The number of ether oxygens (including phenoxy) is 1. The molecule has 1 aliphatic heterocycles. The summed E-state index contributed by atoms with van der Waals surface area (Å²) in [6, 6.07) is -1.99. The molecule has 6 heteroatoms. The van der Waals surface area contributed by atoms with E-state index in [1.807, 2.05) is 0 Å². The first-order valence-electron chi connectivity index (χ1n) is 4.45. The molecule has 0 spiro atoms. The molecular weight excluding hydrogens is 202 g/mol. The summed E-state index contributed by atoms with van der Waals surface area (Å²) < 4.78 is 55.1. The summed E-state index contributed by atoms with van der Waals surface area (Å²) in [6.07, 6.45) is -6.42. The molecule has 1 rings (SSSR count). The molecule has 0 aromatic heterocycles. The lowest BCUT2D eigenvalue weighted by molar-refractivity contribution is -0.205. The predicted octanol–water partition coefficient (Wildman–Crippen LogP) is 1.61. The summed E-state index contributed by atoms with van der Waals surface area (Å²) in [5, 5.41) is 0. The van der Waals surface area contributed by atoms with Crippen molar-refractivity contribution in [2.24, 2.45) is 0 Å². The number of nitrogens with zero attached hydrogens (tertiary/aromatic N) is 1. The normalized spacial score (nSPS) is 24.6. The van der Waals surface area contributed by atoms with Crippen molar-refractivity contribution in [2.75, 3.05) is 26.3 Å². The molecule has 0 bridgehead atoms. The Morgan fingerprint density at radius 1 is 1.21 bits per heavy atom. The molecule has 14 heavy (non-hydrogen) atoms. The Labute approximate surface area is 79.8 Å². The fourth-order valence-corrected chi connectivity index (χ4v) is 1.61. The van der Waals surface area contributed by atoms with Crippen LogP contribution in [0.3, 0.4) is 0 Å². The first-order chi connectivity index (χ1) is 6.43. The molecule has 0 saturated carbocycles. The average molecular weight is 215 g/mol. The summed E-state index contributed by atoms with van der Waals surface area (Å²) in [5.74, 6) is 0. The maximum atomic E-state index is 12.8. The van der Waals surface area contributed by atoms with Crippen molar-refractivity contribution in [1.82, 2.24) is 4.90 Å². The number of rotatable bonds is 2. The zero-order valence-corrected chi connectivity index (χ0v) is 7.85. The topological polar surface area (TPSA) is 12.5 Å². The molecule has 2 unspecified atom stereocenters. The standard InChI is InChI=1S/C8H13F4NO/c1-6(9)7(8(10,11)12)13-2-4-14-5-3-13/h6-7H,2-5H2,1H3. The van der Waals surface area contributed by atoms with Gasteiger partial charge in [0, 0.05) is 13.1 Å². The molecule has 2 nitrogen and oxygen atoms in total. The third kappa shape index (κ3) is 2.81. The van der Waals surface area contributed by atoms with Crippen molar-refractivity contribution in [3.63, 3.8) is 0 Å². The van der Waals surface area contributed by atoms with Gasteiger partial charge in [0.05, 0.1) is 13.2 Å². The highest BCUT2D eigenvalue weighted by Crippen LogP contribution is 2.29. The average Bonchev–Trinajstić information content (AvgIpc) is 2.02. The van der Waals surface area contributed by atoms with E-state index in [2.05, 4.69) is 0 Å². The largest absolute Gasteiger partial charge is 0.406 e. The van der Waals surface area contributed by atoms with Gasteiger partial charge in [0.2, 0.25) is 0 Å². The first-order valence-corrected chi connectivity index (χ1v) is 4.45. The van der Waals surface area contributed by atoms with E-state index in [4.69, 9.17) is 4.74 Å². The number of hydrogen-bond donors (Lipinski definition) is 0. The van der Waals surface area contributed by atoms with Crippen LogP contribution in [-0.2, 0) is 4.74 Å². The van der Waals surface area contributed by atoms with Gasteiger partial charge < -0.3 is 4.74 Å². The highest BCUT2D eigenvalue weighted by atomic mass is 19.4. The summed E-state index contributed by atoms with van der Waals surface area (Å²) in [5.41, 5.74) is 0. The minimum absolute atomic E-state index is 0.137. The zero-order valence-electron chi connectivity index (χ0n) is 7.85. The number of hydrogen-bond acceptors (Lipinski definition) is 2. The van der Waals surface area contributed by atoms with Crippen LogP contribution in [0.15, 0.2) is 0 Å². The van der Waals surface area contributed by atoms with Crippen LogP contribution in [0.4, 0.5) is 17.6 Å². The van der Waals surface area contributed by atoms with Crippen molar-refractivity contribution in [3.05, 3.63) is 0 Å². The maximum absolute atomic E-state index is 12.8. The Morgan fingerprint density at radius 2 is 1.71 bits per heavy atom. The zero-order chi connectivity index (χ0) is 10.8. The summed E-state index contributed by atoms with van der Waals surface area (Å²) in [6.45, 7) is 1.68. The summed E-state index contributed by atoms with van der Waals surface area (Å²) >= 11 is 0. The third-order valence-corrected chi connectivity index (χ3v) is 2.21. The van der Waals surface area contributed by atoms with E-state index < -0.39 is 18.4 Å². The second kappa shape index (κ2) is 4.44. The van der Waals surface area contributed by atoms with Crippen molar-refractivity contribution >= 4 is 0 Å². The molecule has 0 aromatic rings. The van der Waals surface area contributed by atoms with E-state index >= 15 is 0 Å². The maximum Gasteiger partial charge on any atom is 0.406 e. The second-order valence-corrected chi connectivity index (χ2v) is 3.31. The van der Waals surface area contributed by atoms with Crippen LogP contribution in [0.5, 0.6) is 0 Å². The lowest BCUT2D eigenvalue weighted by atomic mass is 10.1. The Balaban J connectivity index is 2.66. The number of morpholine rings is 1. The molecule has 0 amide bonds. The van der Waals surface area contributed by atoms with E-state index in [9.17, 15) is 17.6 Å². The Kier molecular flexibility index (Phi) is 3.71. The van der Waals surface area contributed by atoms with Gasteiger partial charge in [0.15, 0.2) is 0 Å². The minimum atomic E-state index is -4.51. The van der Waals surface area contributed by atoms with Crippen LogP contribution in [0.1, 0.15) is 6.92 Å². The molecule has 1 aliphatic rings. The van der Waals surface area contributed by atoms with Gasteiger partial charge in [-0.2, -0.15) is 13.2 Å². The molecule has 84 valence electrons. The fraction of sp³-hybridized carbons (Fsp3) is 1.00. The molecule has 2 atom stereocenters. The first kappa shape index (κ1) is 11.7. The van der Waals surface area contributed by atoms with E-state index in [1.54, 1.807) is 0 Å². The van der Waals surface area contributed by atoms with E-state index in [0.29, 0.717) is 0 Å². The summed E-state index contributed by atoms with van der Waals surface area (Å²) in [7, 11) is 0. The van der Waals surface area contributed by atoms with Crippen LogP contribution in [-0.4, -0.2) is 49.6 Å². The highest BCUT2D eigenvalue weighted by Gasteiger charge is 2.47. The van der Waals surface area contributed by atoms with Gasteiger partial charge in [0.25, 0.3) is 0 Å². The van der Waals surface area contributed by atoms with Gasteiger partial charge in [-0.1, -0.05) is 0 Å². The van der Waals surface area contributed by atoms with Gasteiger partial charge in [-0.15, -0.1) is 0 Å². The van der Waals surface area contributed by atoms with Crippen LogP contribution in [0.25, 0.3) is 0 Å².